The zero-order valence-corrected chi connectivity index (χ0v) is 11.1. The first-order valence-electron chi connectivity index (χ1n) is 6.62. The number of aryl methyl sites for hydroxylation is 1. The highest BCUT2D eigenvalue weighted by Gasteiger charge is 2.27. The van der Waals surface area contributed by atoms with E-state index < -0.39 is 5.97 Å². The molecule has 0 aliphatic heterocycles. The number of hydrogen-bond acceptors (Lipinski definition) is 2. The first-order chi connectivity index (χ1) is 8.50. The van der Waals surface area contributed by atoms with Gasteiger partial charge < -0.3 is 10.4 Å². The maximum absolute atomic E-state index is 11.2. The third-order valence-corrected chi connectivity index (χ3v) is 3.80. The Labute approximate surface area is 108 Å². The number of carboxylic acid groups (broad SMARTS) is 1. The van der Waals surface area contributed by atoms with E-state index in [0.29, 0.717) is 5.56 Å². The van der Waals surface area contributed by atoms with E-state index in [9.17, 15) is 9.90 Å². The highest BCUT2D eigenvalue weighted by atomic mass is 16.4. The van der Waals surface area contributed by atoms with Gasteiger partial charge in [0.05, 0.1) is 5.56 Å². The Bertz CT molecular complexity index is 448. The predicted molar refractivity (Wildman–Crippen MR) is 73.3 cm³/mol. The number of benzene rings is 1. The van der Waals surface area contributed by atoms with Crippen molar-refractivity contribution in [1.82, 2.24) is 0 Å². The number of nitrogens with one attached hydrogen (secondary N) is 1. The van der Waals surface area contributed by atoms with Gasteiger partial charge >= 0.3 is 5.97 Å². The van der Waals surface area contributed by atoms with Crippen LogP contribution in [0.5, 0.6) is 0 Å². The predicted octanol–water partition coefficient (Wildman–Crippen LogP) is 3.83. The van der Waals surface area contributed by atoms with Crippen LogP contribution in [0.25, 0.3) is 0 Å². The van der Waals surface area contributed by atoms with Crippen LogP contribution in [0.3, 0.4) is 0 Å². The summed E-state index contributed by atoms with van der Waals surface area (Å²) in [5, 5.41) is 12.7. The van der Waals surface area contributed by atoms with Crippen LogP contribution in [-0.2, 0) is 0 Å². The number of aromatic carboxylic acids is 1. The smallest absolute Gasteiger partial charge is 0.337 e. The van der Waals surface area contributed by atoms with Crippen molar-refractivity contribution in [3.05, 3.63) is 29.3 Å². The van der Waals surface area contributed by atoms with E-state index in [4.69, 9.17) is 0 Å². The zero-order valence-electron chi connectivity index (χ0n) is 11.1. The molecule has 1 saturated carbocycles. The minimum Gasteiger partial charge on any atom is -0.478 e. The molecule has 0 amide bonds. The summed E-state index contributed by atoms with van der Waals surface area (Å²) in [6.07, 6.45) is 5.95. The highest BCUT2D eigenvalue weighted by Crippen LogP contribution is 2.32. The molecule has 1 fully saturated rings. The molecule has 1 aliphatic rings. The van der Waals surface area contributed by atoms with Gasteiger partial charge in [0, 0.05) is 11.2 Å². The molecule has 2 rings (SSSR count). The molecular formula is C15H21NO2. The summed E-state index contributed by atoms with van der Waals surface area (Å²) >= 11 is 0. The number of carboxylic acids is 1. The molecule has 18 heavy (non-hydrogen) atoms. The van der Waals surface area contributed by atoms with Gasteiger partial charge in [0.1, 0.15) is 0 Å². The molecule has 1 aliphatic carbocycles. The van der Waals surface area contributed by atoms with Crippen molar-refractivity contribution in [2.45, 2.75) is 51.5 Å². The lowest BCUT2D eigenvalue weighted by molar-refractivity contribution is 0.0698. The van der Waals surface area contributed by atoms with Gasteiger partial charge in [-0.25, -0.2) is 4.79 Å². The second-order valence-corrected chi connectivity index (χ2v) is 5.60. The van der Waals surface area contributed by atoms with Crippen molar-refractivity contribution in [3.63, 3.8) is 0 Å². The van der Waals surface area contributed by atoms with Crippen molar-refractivity contribution >= 4 is 11.7 Å². The van der Waals surface area contributed by atoms with E-state index in [1.165, 1.54) is 19.3 Å². The normalized spacial score (nSPS) is 18.3. The Morgan fingerprint density at radius 1 is 1.28 bits per heavy atom. The summed E-state index contributed by atoms with van der Waals surface area (Å²) in [5.74, 6) is -0.864. The van der Waals surface area contributed by atoms with Crippen LogP contribution in [0.2, 0.25) is 0 Å². The van der Waals surface area contributed by atoms with Crippen LogP contribution in [0.1, 0.15) is 54.9 Å². The fourth-order valence-electron chi connectivity index (χ4n) is 2.73. The minimum atomic E-state index is -0.864. The quantitative estimate of drug-likeness (QED) is 0.853. The van der Waals surface area contributed by atoms with Gasteiger partial charge in [-0.3, -0.25) is 0 Å². The Morgan fingerprint density at radius 3 is 2.56 bits per heavy atom. The molecule has 0 bridgehead atoms. The summed E-state index contributed by atoms with van der Waals surface area (Å²) in [5.41, 5.74) is 2.25. The fraction of sp³-hybridized carbons (Fsp3) is 0.533. The van der Waals surface area contributed by atoms with Crippen LogP contribution in [-0.4, -0.2) is 16.6 Å². The number of carbonyl (C=O) groups is 1. The van der Waals surface area contributed by atoms with Crippen molar-refractivity contribution in [2.24, 2.45) is 0 Å². The molecule has 1 aromatic carbocycles. The van der Waals surface area contributed by atoms with Crippen LogP contribution < -0.4 is 5.32 Å². The molecule has 3 heteroatoms. The van der Waals surface area contributed by atoms with Crippen LogP contribution in [0.4, 0.5) is 5.69 Å². The molecule has 2 N–H and O–H groups in total. The summed E-state index contributed by atoms with van der Waals surface area (Å²) in [6.45, 7) is 4.18. The summed E-state index contributed by atoms with van der Waals surface area (Å²) in [7, 11) is 0. The third-order valence-electron chi connectivity index (χ3n) is 3.80. The number of hydrogen-bond donors (Lipinski definition) is 2. The Balaban J connectivity index is 2.26. The Morgan fingerprint density at radius 2 is 1.94 bits per heavy atom. The number of rotatable bonds is 3. The van der Waals surface area contributed by atoms with Gasteiger partial charge in [-0.05, 0) is 44.4 Å². The highest BCUT2D eigenvalue weighted by molar-refractivity contribution is 5.94. The molecule has 0 saturated heterocycles. The average molecular weight is 247 g/mol. The minimum absolute atomic E-state index is 0.0379. The summed E-state index contributed by atoms with van der Waals surface area (Å²) in [6, 6.07) is 5.47. The molecule has 0 aromatic heterocycles. The molecule has 0 atom stereocenters. The maximum atomic E-state index is 11.2. The van der Waals surface area contributed by atoms with E-state index in [1.807, 2.05) is 19.1 Å². The van der Waals surface area contributed by atoms with E-state index in [1.54, 1.807) is 6.07 Å². The molecular weight excluding hydrogens is 226 g/mol. The van der Waals surface area contributed by atoms with E-state index in [0.717, 1.165) is 24.1 Å². The summed E-state index contributed by atoms with van der Waals surface area (Å²) < 4.78 is 0. The molecule has 1 aromatic rings. The van der Waals surface area contributed by atoms with Gasteiger partial charge in [-0.15, -0.1) is 0 Å². The maximum Gasteiger partial charge on any atom is 0.337 e. The van der Waals surface area contributed by atoms with Crippen molar-refractivity contribution in [3.8, 4) is 0 Å². The lowest BCUT2D eigenvalue weighted by atomic mass is 9.83. The monoisotopic (exact) mass is 247 g/mol. The summed E-state index contributed by atoms with van der Waals surface area (Å²) in [4.78, 5) is 11.2. The standard InChI is InChI=1S/C15H21NO2/c1-11-6-7-12(14(17)18)13(10-11)16-15(2)8-4-3-5-9-15/h6-7,10,16H,3-5,8-9H2,1-2H3,(H,17,18). The van der Waals surface area contributed by atoms with Gasteiger partial charge in [0.15, 0.2) is 0 Å². The van der Waals surface area contributed by atoms with Crippen molar-refractivity contribution in [2.75, 3.05) is 5.32 Å². The molecule has 0 unspecified atom stereocenters. The van der Waals surface area contributed by atoms with Gasteiger partial charge in [0.25, 0.3) is 0 Å². The van der Waals surface area contributed by atoms with E-state index in [-0.39, 0.29) is 5.54 Å². The third kappa shape index (κ3) is 2.84. The van der Waals surface area contributed by atoms with Crippen LogP contribution in [0.15, 0.2) is 18.2 Å². The molecule has 0 radical (unpaired) electrons. The van der Waals surface area contributed by atoms with E-state index >= 15 is 0 Å². The Kier molecular flexibility index (Phi) is 3.60. The van der Waals surface area contributed by atoms with E-state index in [2.05, 4.69) is 12.2 Å². The first-order valence-corrected chi connectivity index (χ1v) is 6.62. The van der Waals surface area contributed by atoms with Gasteiger partial charge in [-0.1, -0.05) is 25.3 Å². The molecule has 98 valence electrons. The lowest BCUT2D eigenvalue weighted by Gasteiger charge is -2.36. The van der Waals surface area contributed by atoms with Gasteiger partial charge in [0.2, 0.25) is 0 Å². The second kappa shape index (κ2) is 5.01. The largest absolute Gasteiger partial charge is 0.478 e. The first kappa shape index (κ1) is 12.9. The van der Waals surface area contributed by atoms with Gasteiger partial charge in [-0.2, -0.15) is 0 Å². The number of anilines is 1. The molecule has 0 heterocycles. The average Bonchev–Trinajstić information content (AvgIpc) is 2.28. The topological polar surface area (TPSA) is 49.3 Å². The molecule has 3 nitrogen and oxygen atoms in total. The fourth-order valence-corrected chi connectivity index (χ4v) is 2.73. The molecule has 0 spiro atoms. The SMILES string of the molecule is Cc1ccc(C(=O)O)c(NC2(C)CCCCC2)c1. The van der Waals surface area contributed by atoms with Crippen molar-refractivity contribution in [1.29, 1.82) is 0 Å². The van der Waals surface area contributed by atoms with Crippen molar-refractivity contribution < 1.29 is 9.90 Å². The second-order valence-electron chi connectivity index (χ2n) is 5.60. The van der Waals surface area contributed by atoms with Crippen LogP contribution in [0, 0.1) is 6.92 Å². The lowest BCUT2D eigenvalue weighted by Crippen LogP contribution is -2.37. The Hall–Kier alpha value is -1.51. The zero-order chi connectivity index (χ0) is 13.2. The van der Waals surface area contributed by atoms with Crippen LogP contribution >= 0.6 is 0 Å².